The van der Waals surface area contributed by atoms with Crippen molar-refractivity contribution in [2.75, 3.05) is 24.2 Å². The second-order valence-electron chi connectivity index (χ2n) is 5.34. The molecule has 0 heterocycles. The number of nitrogen functional groups attached to an aromatic ring is 1. The third-order valence-electron chi connectivity index (χ3n) is 3.68. The number of nitrogens with one attached hydrogen (secondary N) is 1. The number of halogens is 1. The summed E-state index contributed by atoms with van der Waals surface area (Å²) in [5, 5.41) is 3.06. The number of benzene rings is 1. The zero-order valence-corrected chi connectivity index (χ0v) is 11.9. The molecule has 0 amide bonds. The van der Waals surface area contributed by atoms with E-state index in [-0.39, 0.29) is 17.9 Å². The van der Waals surface area contributed by atoms with Gasteiger partial charge in [-0.05, 0) is 43.7 Å². The Balaban J connectivity index is 2.10. The van der Waals surface area contributed by atoms with Gasteiger partial charge in [0, 0.05) is 12.2 Å². The van der Waals surface area contributed by atoms with Crippen molar-refractivity contribution in [2.45, 2.75) is 26.7 Å². The van der Waals surface area contributed by atoms with Gasteiger partial charge in [0.25, 0.3) is 0 Å². The standard InChI is InChI=1S/C15H21FN2O2/c1-3-20-15(19)11-6-14(12(16)7-13(11)17)18-8-9(2)10-4-5-10/h6-7,9-10,18H,3-5,8,17H2,1-2H3. The van der Waals surface area contributed by atoms with Gasteiger partial charge in [-0.25, -0.2) is 9.18 Å². The number of anilines is 2. The number of carbonyl (C=O) groups is 1. The molecule has 0 aromatic heterocycles. The van der Waals surface area contributed by atoms with Crippen molar-refractivity contribution < 1.29 is 13.9 Å². The van der Waals surface area contributed by atoms with Crippen LogP contribution in [0.15, 0.2) is 12.1 Å². The Bertz CT molecular complexity index is 501. The van der Waals surface area contributed by atoms with Crippen molar-refractivity contribution in [1.82, 2.24) is 0 Å². The zero-order valence-electron chi connectivity index (χ0n) is 11.9. The first-order chi connectivity index (χ1) is 9.52. The summed E-state index contributed by atoms with van der Waals surface area (Å²) in [6.45, 7) is 4.81. The Morgan fingerprint density at radius 1 is 1.55 bits per heavy atom. The molecule has 1 saturated carbocycles. The average molecular weight is 280 g/mol. The lowest BCUT2D eigenvalue weighted by molar-refractivity contribution is 0.0527. The molecule has 1 aliphatic rings. The molecule has 110 valence electrons. The maximum absolute atomic E-state index is 13.9. The summed E-state index contributed by atoms with van der Waals surface area (Å²) in [6.07, 6.45) is 2.50. The molecular formula is C15H21FN2O2. The molecule has 1 aromatic rings. The SMILES string of the molecule is CCOC(=O)c1cc(NCC(C)C2CC2)c(F)cc1N. The van der Waals surface area contributed by atoms with Gasteiger partial charge in [0.15, 0.2) is 0 Å². The molecule has 1 aliphatic carbocycles. The van der Waals surface area contributed by atoms with Crippen LogP contribution < -0.4 is 11.1 Å². The van der Waals surface area contributed by atoms with Crippen molar-refractivity contribution in [3.63, 3.8) is 0 Å². The molecule has 0 saturated heterocycles. The normalized spacial score (nSPS) is 15.8. The molecule has 0 radical (unpaired) electrons. The highest BCUT2D eigenvalue weighted by molar-refractivity contribution is 5.96. The van der Waals surface area contributed by atoms with Gasteiger partial charge in [-0.1, -0.05) is 6.92 Å². The Kier molecular flexibility index (Phi) is 4.47. The highest BCUT2D eigenvalue weighted by Gasteiger charge is 2.27. The number of esters is 1. The Hall–Kier alpha value is -1.78. The molecule has 1 unspecified atom stereocenters. The topological polar surface area (TPSA) is 64.3 Å². The Morgan fingerprint density at radius 3 is 2.85 bits per heavy atom. The van der Waals surface area contributed by atoms with E-state index in [0.717, 1.165) is 12.0 Å². The second kappa shape index (κ2) is 6.11. The molecule has 1 atom stereocenters. The van der Waals surface area contributed by atoms with E-state index < -0.39 is 11.8 Å². The van der Waals surface area contributed by atoms with Crippen LogP contribution in [-0.4, -0.2) is 19.1 Å². The second-order valence-corrected chi connectivity index (χ2v) is 5.34. The number of ether oxygens (including phenoxy) is 1. The summed E-state index contributed by atoms with van der Waals surface area (Å²) in [7, 11) is 0. The Morgan fingerprint density at radius 2 is 2.25 bits per heavy atom. The molecule has 3 N–H and O–H groups in total. The number of nitrogens with two attached hydrogens (primary N) is 1. The van der Waals surface area contributed by atoms with Crippen LogP contribution in [0.2, 0.25) is 0 Å². The number of rotatable bonds is 6. The quantitative estimate of drug-likeness (QED) is 0.621. The molecule has 4 nitrogen and oxygen atoms in total. The number of hydrogen-bond donors (Lipinski definition) is 2. The zero-order chi connectivity index (χ0) is 14.7. The van der Waals surface area contributed by atoms with Gasteiger partial charge in [-0.2, -0.15) is 0 Å². The van der Waals surface area contributed by atoms with Gasteiger partial charge >= 0.3 is 5.97 Å². The minimum Gasteiger partial charge on any atom is -0.462 e. The molecule has 2 rings (SSSR count). The number of hydrogen-bond acceptors (Lipinski definition) is 4. The minimum atomic E-state index is -0.525. The summed E-state index contributed by atoms with van der Waals surface area (Å²) >= 11 is 0. The van der Waals surface area contributed by atoms with Crippen LogP contribution in [0.5, 0.6) is 0 Å². The third kappa shape index (κ3) is 3.40. The predicted octanol–water partition coefficient (Wildman–Crippen LogP) is 3.04. The van der Waals surface area contributed by atoms with Crippen LogP contribution in [-0.2, 0) is 4.74 Å². The van der Waals surface area contributed by atoms with Gasteiger partial charge in [-0.3, -0.25) is 0 Å². The van der Waals surface area contributed by atoms with Gasteiger partial charge in [0.05, 0.1) is 17.9 Å². The fourth-order valence-electron chi connectivity index (χ4n) is 2.21. The smallest absolute Gasteiger partial charge is 0.340 e. The molecule has 0 spiro atoms. The molecule has 0 aliphatic heterocycles. The van der Waals surface area contributed by atoms with Gasteiger partial charge < -0.3 is 15.8 Å². The highest BCUT2D eigenvalue weighted by atomic mass is 19.1. The van der Waals surface area contributed by atoms with Crippen molar-refractivity contribution in [1.29, 1.82) is 0 Å². The van der Waals surface area contributed by atoms with E-state index in [1.54, 1.807) is 6.92 Å². The van der Waals surface area contributed by atoms with Gasteiger partial charge in [-0.15, -0.1) is 0 Å². The summed E-state index contributed by atoms with van der Waals surface area (Å²) in [5.74, 6) is 0.267. The minimum absolute atomic E-state index is 0.0988. The number of carbonyl (C=O) groups excluding carboxylic acids is 1. The van der Waals surface area contributed by atoms with Crippen LogP contribution in [0, 0.1) is 17.7 Å². The molecule has 20 heavy (non-hydrogen) atoms. The maximum atomic E-state index is 13.9. The summed E-state index contributed by atoms with van der Waals surface area (Å²) in [5.41, 5.74) is 6.27. The van der Waals surface area contributed by atoms with Crippen LogP contribution in [0.3, 0.4) is 0 Å². The maximum Gasteiger partial charge on any atom is 0.340 e. The van der Waals surface area contributed by atoms with Crippen LogP contribution >= 0.6 is 0 Å². The summed E-state index contributed by atoms with van der Waals surface area (Å²) in [6, 6.07) is 2.60. The van der Waals surface area contributed by atoms with Gasteiger partial charge in [0.2, 0.25) is 0 Å². The predicted molar refractivity (Wildman–Crippen MR) is 77.1 cm³/mol. The van der Waals surface area contributed by atoms with Crippen LogP contribution in [0.25, 0.3) is 0 Å². The van der Waals surface area contributed by atoms with E-state index in [0.29, 0.717) is 18.2 Å². The lowest BCUT2D eigenvalue weighted by atomic mass is 10.1. The lowest BCUT2D eigenvalue weighted by Gasteiger charge is -2.15. The largest absolute Gasteiger partial charge is 0.462 e. The molecule has 1 aromatic carbocycles. The van der Waals surface area contributed by atoms with E-state index in [1.807, 2.05) is 0 Å². The van der Waals surface area contributed by atoms with E-state index >= 15 is 0 Å². The van der Waals surface area contributed by atoms with E-state index in [1.165, 1.54) is 18.9 Å². The fraction of sp³-hybridized carbons (Fsp3) is 0.533. The van der Waals surface area contributed by atoms with Crippen molar-refractivity contribution >= 4 is 17.3 Å². The summed E-state index contributed by atoms with van der Waals surface area (Å²) in [4.78, 5) is 11.7. The van der Waals surface area contributed by atoms with Crippen LogP contribution in [0.1, 0.15) is 37.0 Å². The first-order valence-electron chi connectivity index (χ1n) is 7.03. The van der Waals surface area contributed by atoms with Crippen molar-refractivity contribution in [3.8, 4) is 0 Å². The Labute approximate surface area is 118 Å². The fourth-order valence-corrected chi connectivity index (χ4v) is 2.21. The van der Waals surface area contributed by atoms with Crippen LogP contribution in [0.4, 0.5) is 15.8 Å². The summed E-state index contributed by atoms with van der Waals surface area (Å²) < 4.78 is 18.8. The third-order valence-corrected chi connectivity index (χ3v) is 3.68. The molecule has 0 bridgehead atoms. The highest BCUT2D eigenvalue weighted by Crippen LogP contribution is 2.36. The van der Waals surface area contributed by atoms with E-state index in [4.69, 9.17) is 10.5 Å². The lowest BCUT2D eigenvalue weighted by Crippen LogP contribution is -2.15. The van der Waals surface area contributed by atoms with E-state index in [9.17, 15) is 9.18 Å². The van der Waals surface area contributed by atoms with Gasteiger partial charge in [0.1, 0.15) is 5.82 Å². The first kappa shape index (κ1) is 14.6. The molecular weight excluding hydrogens is 259 g/mol. The first-order valence-corrected chi connectivity index (χ1v) is 7.03. The molecule has 5 heteroatoms. The molecule has 1 fully saturated rings. The van der Waals surface area contributed by atoms with Crippen molar-refractivity contribution in [2.24, 2.45) is 11.8 Å². The monoisotopic (exact) mass is 280 g/mol. The van der Waals surface area contributed by atoms with Crippen molar-refractivity contribution in [3.05, 3.63) is 23.5 Å². The van der Waals surface area contributed by atoms with E-state index in [2.05, 4.69) is 12.2 Å². The average Bonchev–Trinajstić information content (AvgIpc) is 3.21.